The summed E-state index contributed by atoms with van der Waals surface area (Å²) >= 11 is 5.69. The Balaban J connectivity index is 2.20. The van der Waals surface area contributed by atoms with E-state index in [0.717, 1.165) is 22.8 Å². The van der Waals surface area contributed by atoms with E-state index >= 15 is 0 Å². The SMILES string of the molecule is Cc1ccc(C)c([C@H](C)NC(=O)c2ccc(Cl)cc2F)c1. The van der Waals surface area contributed by atoms with Crippen molar-refractivity contribution in [1.82, 2.24) is 5.32 Å². The van der Waals surface area contributed by atoms with Gasteiger partial charge in [0.2, 0.25) is 0 Å². The molecule has 0 bridgehead atoms. The molecular formula is C17H17ClFNO. The predicted octanol–water partition coefficient (Wildman–Crippen LogP) is 4.59. The molecule has 0 saturated heterocycles. The van der Waals surface area contributed by atoms with Crippen LogP contribution in [0, 0.1) is 19.7 Å². The Bertz CT molecular complexity index is 684. The van der Waals surface area contributed by atoms with Crippen molar-refractivity contribution in [3.63, 3.8) is 0 Å². The van der Waals surface area contributed by atoms with Gasteiger partial charge in [-0.2, -0.15) is 0 Å². The van der Waals surface area contributed by atoms with Crippen LogP contribution in [0.3, 0.4) is 0 Å². The Morgan fingerprint density at radius 3 is 2.57 bits per heavy atom. The van der Waals surface area contributed by atoms with Gasteiger partial charge in [0.25, 0.3) is 5.91 Å². The first-order valence-electron chi connectivity index (χ1n) is 6.71. The second-order valence-corrected chi connectivity index (χ2v) is 5.62. The molecule has 0 aliphatic carbocycles. The van der Waals surface area contributed by atoms with Gasteiger partial charge in [0.05, 0.1) is 11.6 Å². The molecule has 1 atom stereocenters. The van der Waals surface area contributed by atoms with Crippen LogP contribution in [0.5, 0.6) is 0 Å². The number of nitrogens with one attached hydrogen (secondary N) is 1. The molecule has 0 aromatic heterocycles. The van der Waals surface area contributed by atoms with Gasteiger partial charge in [0.1, 0.15) is 5.82 Å². The number of carbonyl (C=O) groups is 1. The van der Waals surface area contributed by atoms with Gasteiger partial charge in [-0.25, -0.2) is 4.39 Å². The molecule has 110 valence electrons. The lowest BCUT2D eigenvalue weighted by Gasteiger charge is -2.17. The van der Waals surface area contributed by atoms with Gasteiger partial charge in [-0.3, -0.25) is 4.79 Å². The molecule has 4 heteroatoms. The number of hydrogen-bond acceptors (Lipinski definition) is 1. The second-order valence-electron chi connectivity index (χ2n) is 5.18. The van der Waals surface area contributed by atoms with E-state index in [4.69, 9.17) is 11.6 Å². The van der Waals surface area contributed by atoms with E-state index < -0.39 is 11.7 Å². The van der Waals surface area contributed by atoms with E-state index in [1.165, 1.54) is 12.1 Å². The van der Waals surface area contributed by atoms with Gasteiger partial charge in [-0.05, 0) is 50.1 Å². The number of rotatable bonds is 3. The highest BCUT2D eigenvalue weighted by molar-refractivity contribution is 6.30. The quantitative estimate of drug-likeness (QED) is 0.883. The molecule has 1 N–H and O–H groups in total. The van der Waals surface area contributed by atoms with E-state index in [2.05, 4.69) is 5.32 Å². The van der Waals surface area contributed by atoms with Gasteiger partial charge in [-0.15, -0.1) is 0 Å². The summed E-state index contributed by atoms with van der Waals surface area (Å²) in [4.78, 5) is 12.2. The largest absolute Gasteiger partial charge is 0.345 e. The minimum absolute atomic E-state index is 0.00319. The van der Waals surface area contributed by atoms with Gasteiger partial charge < -0.3 is 5.32 Å². The topological polar surface area (TPSA) is 29.1 Å². The Morgan fingerprint density at radius 2 is 1.90 bits per heavy atom. The normalized spacial score (nSPS) is 12.0. The highest BCUT2D eigenvalue weighted by Crippen LogP contribution is 2.20. The van der Waals surface area contributed by atoms with E-state index in [9.17, 15) is 9.18 Å². The molecule has 0 heterocycles. The summed E-state index contributed by atoms with van der Waals surface area (Å²) in [5.41, 5.74) is 3.23. The monoisotopic (exact) mass is 305 g/mol. The van der Waals surface area contributed by atoms with Gasteiger partial charge >= 0.3 is 0 Å². The zero-order valence-electron chi connectivity index (χ0n) is 12.2. The number of benzene rings is 2. The number of aryl methyl sites for hydroxylation is 2. The summed E-state index contributed by atoms with van der Waals surface area (Å²) < 4.78 is 13.8. The molecule has 0 aliphatic rings. The fourth-order valence-electron chi connectivity index (χ4n) is 2.25. The molecule has 2 aromatic rings. The minimum atomic E-state index is -0.617. The smallest absolute Gasteiger partial charge is 0.254 e. The predicted molar refractivity (Wildman–Crippen MR) is 83.2 cm³/mol. The number of amides is 1. The zero-order chi connectivity index (χ0) is 15.6. The molecule has 0 saturated carbocycles. The molecule has 2 nitrogen and oxygen atoms in total. The van der Waals surface area contributed by atoms with Crippen molar-refractivity contribution in [2.45, 2.75) is 26.8 Å². The lowest BCUT2D eigenvalue weighted by atomic mass is 9.99. The van der Waals surface area contributed by atoms with Crippen LogP contribution in [0.2, 0.25) is 5.02 Å². The average Bonchev–Trinajstić information content (AvgIpc) is 2.41. The van der Waals surface area contributed by atoms with Gasteiger partial charge in [0.15, 0.2) is 0 Å². The summed E-state index contributed by atoms with van der Waals surface area (Å²) in [5, 5.41) is 3.09. The Morgan fingerprint density at radius 1 is 1.19 bits per heavy atom. The molecule has 1 amide bonds. The standard InChI is InChI=1S/C17H17ClFNO/c1-10-4-5-11(2)15(8-10)12(3)20-17(21)14-7-6-13(18)9-16(14)19/h4-9,12H,1-3H3,(H,20,21)/t12-/m0/s1. The molecule has 0 spiro atoms. The third kappa shape index (κ3) is 3.61. The highest BCUT2D eigenvalue weighted by atomic mass is 35.5. The maximum Gasteiger partial charge on any atom is 0.254 e. The second kappa shape index (κ2) is 6.27. The van der Waals surface area contributed by atoms with Gasteiger partial charge in [-0.1, -0.05) is 35.4 Å². The van der Waals surface area contributed by atoms with Gasteiger partial charge in [0, 0.05) is 5.02 Å². The molecular weight excluding hydrogens is 289 g/mol. The van der Waals surface area contributed by atoms with Crippen molar-refractivity contribution in [3.8, 4) is 0 Å². The van der Waals surface area contributed by atoms with Crippen LogP contribution in [-0.4, -0.2) is 5.91 Å². The zero-order valence-corrected chi connectivity index (χ0v) is 13.0. The van der Waals surface area contributed by atoms with Crippen molar-refractivity contribution >= 4 is 17.5 Å². The Labute approximate surface area is 128 Å². The highest BCUT2D eigenvalue weighted by Gasteiger charge is 2.16. The fraction of sp³-hybridized carbons (Fsp3) is 0.235. The fourth-order valence-corrected chi connectivity index (χ4v) is 2.41. The molecule has 0 radical (unpaired) electrons. The maximum absolute atomic E-state index is 13.8. The Hall–Kier alpha value is -1.87. The Kier molecular flexibility index (Phi) is 4.63. The van der Waals surface area contributed by atoms with Crippen LogP contribution in [-0.2, 0) is 0 Å². The van der Waals surface area contributed by atoms with Crippen molar-refractivity contribution < 1.29 is 9.18 Å². The molecule has 0 aliphatic heterocycles. The molecule has 21 heavy (non-hydrogen) atoms. The van der Waals surface area contributed by atoms with Crippen LogP contribution in [0.4, 0.5) is 4.39 Å². The summed E-state index contributed by atoms with van der Waals surface area (Å²) in [6.45, 7) is 5.87. The van der Waals surface area contributed by atoms with Crippen molar-refractivity contribution in [1.29, 1.82) is 0 Å². The van der Waals surface area contributed by atoms with E-state index in [1.54, 1.807) is 0 Å². The van der Waals surface area contributed by atoms with E-state index in [0.29, 0.717) is 0 Å². The first kappa shape index (κ1) is 15.5. The van der Waals surface area contributed by atoms with Crippen LogP contribution < -0.4 is 5.32 Å². The molecule has 2 rings (SSSR count). The first-order chi connectivity index (χ1) is 9.88. The van der Waals surface area contributed by atoms with Crippen molar-refractivity contribution in [2.24, 2.45) is 0 Å². The number of halogens is 2. The third-order valence-electron chi connectivity index (χ3n) is 3.42. The molecule has 0 fully saturated rings. The summed E-state index contributed by atoms with van der Waals surface area (Å²) in [7, 11) is 0. The summed E-state index contributed by atoms with van der Waals surface area (Å²) in [6.07, 6.45) is 0. The lowest BCUT2D eigenvalue weighted by molar-refractivity contribution is 0.0936. The number of carbonyl (C=O) groups excluding carboxylic acids is 1. The lowest BCUT2D eigenvalue weighted by Crippen LogP contribution is -2.28. The third-order valence-corrected chi connectivity index (χ3v) is 3.66. The maximum atomic E-state index is 13.8. The summed E-state index contributed by atoms with van der Waals surface area (Å²) in [6, 6.07) is 9.89. The van der Waals surface area contributed by atoms with Crippen LogP contribution >= 0.6 is 11.6 Å². The van der Waals surface area contributed by atoms with Crippen molar-refractivity contribution in [3.05, 3.63) is 69.5 Å². The average molecular weight is 306 g/mol. The molecule has 0 unspecified atom stereocenters. The molecule has 2 aromatic carbocycles. The number of hydrogen-bond donors (Lipinski definition) is 1. The minimum Gasteiger partial charge on any atom is -0.345 e. The van der Waals surface area contributed by atoms with Crippen LogP contribution in [0.15, 0.2) is 36.4 Å². The van der Waals surface area contributed by atoms with Crippen LogP contribution in [0.1, 0.15) is 40.0 Å². The van der Waals surface area contributed by atoms with Crippen molar-refractivity contribution in [2.75, 3.05) is 0 Å². The van der Waals surface area contributed by atoms with E-state index in [-0.39, 0.29) is 16.6 Å². The summed E-state index contributed by atoms with van der Waals surface area (Å²) in [5.74, 6) is -1.06. The van der Waals surface area contributed by atoms with Crippen LogP contribution in [0.25, 0.3) is 0 Å². The first-order valence-corrected chi connectivity index (χ1v) is 7.09. The van der Waals surface area contributed by atoms with E-state index in [1.807, 2.05) is 39.0 Å².